The molecule has 4 heteroatoms. The minimum atomic E-state index is -0.385. The third-order valence-electron chi connectivity index (χ3n) is 1.60. The molecule has 0 aromatic heterocycles. The van der Waals surface area contributed by atoms with Crippen LogP contribution in [-0.2, 0) is 4.79 Å². The van der Waals surface area contributed by atoms with Crippen molar-refractivity contribution in [3.8, 4) is 0 Å². The first-order valence-electron chi connectivity index (χ1n) is 4.00. The molecule has 2 N–H and O–H groups in total. The zero-order chi connectivity index (χ0) is 10.6. The standard InChI is InChI=1S/C10H9Cl2NO/c11-8-4-2-5-9(12)7(8)3-1-6-10(13)14/h1-5H,6H2,(H2,13,14). The number of nitrogens with two attached hydrogens (primary N) is 1. The number of carbonyl (C=O) groups excluding carboxylic acids is 1. The quantitative estimate of drug-likeness (QED) is 0.852. The predicted octanol–water partition coefficient (Wildman–Crippen LogP) is 2.88. The van der Waals surface area contributed by atoms with Crippen LogP contribution in [0.4, 0.5) is 0 Å². The van der Waals surface area contributed by atoms with Gasteiger partial charge >= 0.3 is 0 Å². The maximum atomic E-state index is 10.5. The number of rotatable bonds is 3. The first-order chi connectivity index (χ1) is 6.61. The minimum Gasteiger partial charge on any atom is -0.369 e. The van der Waals surface area contributed by atoms with E-state index in [9.17, 15) is 4.79 Å². The van der Waals surface area contributed by atoms with Crippen molar-refractivity contribution in [2.24, 2.45) is 5.73 Å². The van der Waals surface area contributed by atoms with Crippen LogP contribution in [0.25, 0.3) is 6.08 Å². The molecule has 0 aliphatic heterocycles. The number of primary amides is 1. The average molecular weight is 230 g/mol. The first kappa shape index (κ1) is 11.1. The Hall–Kier alpha value is -0.990. The van der Waals surface area contributed by atoms with Gasteiger partial charge in [-0.2, -0.15) is 0 Å². The van der Waals surface area contributed by atoms with Crippen molar-refractivity contribution >= 4 is 35.2 Å². The monoisotopic (exact) mass is 229 g/mol. The summed E-state index contributed by atoms with van der Waals surface area (Å²) in [5.74, 6) is -0.385. The average Bonchev–Trinajstić information content (AvgIpc) is 2.09. The van der Waals surface area contributed by atoms with Gasteiger partial charge in [0.2, 0.25) is 5.91 Å². The van der Waals surface area contributed by atoms with Crippen LogP contribution in [0.15, 0.2) is 24.3 Å². The van der Waals surface area contributed by atoms with Gasteiger partial charge in [-0.1, -0.05) is 41.4 Å². The van der Waals surface area contributed by atoms with Crippen molar-refractivity contribution in [3.63, 3.8) is 0 Å². The Morgan fingerprint density at radius 1 is 1.36 bits per heavy atom. The fourth-order valence-corrected chi connectivity index (χ4v) is 1.49. The normalized spacial score (nSPS) is 10.7. The molecular formula is C10H9Cl2NO. The Kier molecular flexibility index (Phi) is 3.98. The number of halogens is 2. The smallest absolute Gasteiger partial charge is 0.221 e. The van der Waals surface area contributed by atoms with Crippen LogP contribution in [-0.4, -0.2) is 5.91 Å². The maximum Gasteiger partial charge on any atom is 0.221 e. The third-order valence-corrected chi connectivity index (χ3v) is 2.26. The van der Waals surface area contributed by atoms with Gasteiger partial charge in [0.05, 0.1) is 0 Å². The van der Waals surface area contributed by atoms with Crippen LogP contribution < -0.4 is 5.73 Å². The van der Waals surface area contributed by atoms with E-state index in [0.717, 1.165) is 0 Å². The van der Waals surface area contributed by atoms with Gasteiger partial charge in [0.15, 0.2) is 0 Å². The van der Waals surface area contributed by atoms with E-state index >= 15 is 0 Å². The van der Waals surface area contributed by atoms with Gasteiger partial charge in [-0.15, -0.1) is 0 Å². The summed E-state index contributed by atoms with van der Waals surface area (Å²) in [6, 6.07) is 5.23. The summed E-state index contributed by atoms with van der Waals surface area (Å²) in [4.78, 5) is 10.5. The highest BCUT2D eigenvalue weighted by atomic mass is 35.5. The molecule has 1 rings (SSSR count). The highest BCUT2D eigenvalue weighted by Crippen LogP contribution is 2.25. The van der Waals surface area contributed by atoms with Crippen molar-refractivity contribution in [2.45, 2.75) is 6.42 Å². The highest BCUT2D eigenvalue weighted by Gasteiger charge is 2.00. The van der Waals surface area contributed by atoms with E-state index in [4.69, 9.17) is 28.9 Å². The number of hydrogen-bond donors (Lipinski definition) is 1. The topological polar surface area (TPSA) is 43.1 Å². The van der Waals surface area contributed by atoms with Crippen LogP contribution in [0.1, 0.15) is 12.0 Å². The molecule has 74 valence electrons. The van der Waals surface area contributed by atoms with Crippen LogP contribution in [0, 0.1) is 0 Å². The lowest BCUT2D eigenvalue weighted by atomic mass is 10.2. The molecule has 2 nitrogen and oxygen atoms in total. The van der Waals surface area contributed by atoms with E-state index in [1.165, 1.54) is 0 Å². The number of benzene rings is 1. The van der Waals surface area contributed by atoms with Crippen LogP contribution >= 0.6 is 23.2 Å². The molecule has 1 aromatic carbocycles. The van der Waals surface area contributed by atoms with Crippen molar-refractivity contribution < 1.29 is 4.79 Å². The van der Waals surface area contributed by atoms with Crippen molar-refractivity contribution in [2.75, 3.05) is 0 Å². The maximum absolute atomic E-state index is 10.5. The molecule has 0 saturated carbocycles. The van der Waals surface area contributed by atoms with Gasteiger partial charge in [-0.25, -0.2) is 0 Å². The van der Waals surface area contributed by atoms with Gasteiger partial charge < -0.3 is 5.73 Å². The van der Waals surface area contributed by atoms with E-state index in [0.29, 0.717) is 15.6 Å². The SMILES string of the molecule is NC(=O)CC=Cc1c(Cl)cccc1Cl. The van der Waals surface area contributed by atoms with Gasteiger partial charge in [-0.05, 0) is 12.1 Å². The molecule has 0 radical (unpaired) electrons. The molecule has 0 aliphatic carbocycles. The molecule has 1 amide bonds. The minimum absolute atomic E-state index is 0.182. The molecule has 0 aliphatic rings. The molecule has 0 heterocycles. The van der Waals surface area contributed by atoms with E-state index < -0.39 is 0 Å². The van der Waals surface area contributed by atoms with Gasteiger partial charge in [-0.3, -0.25) is 4.79 Å². The molecule has 0 atom stereocenters. The summed E-state index contributed by atoms with van der Waals surface area (Å²) >= 11 is 11.8. The molecule has 0 spiro atoms. The van der Waals surface area contributed by atoms with Crippen LogP contribution in [0.5, 0.6) is 0 Å². The molecule has 0 unspecified atom stereocenters. The van der Waals surface area contributed by atoms with Gasteiger partial charge in [0.25, 0.3) is 0 Å². The Bertz CT molecular complexity index is 354. The lowest BCUT2D eigenvalue weighted by Gasteiger charge is -1.99. The Balaban J connectivity index is 2.85. The van der Waals surface area contributed by atoms with Crippen LogP contribution in [0.3, 0.4) is 0 Å². The second kappa shape index (κ2) is 5.03. The fourth-order valence-electron chi connectivity index (χ4n) is 0.963. The summed E-state index contributed by atoms with van der Waals surface area (Å²) in [6.45, 7) is 0. The Morgan fingerprint density at radius 2 is 1.93 bits per heavy atom. The number of carbonyl (C=O) groups is 1. The molecular weight excluding hydrogens is 221 g/mol. The molecule has 14 heavy (non-hydrogen) atoms. The lowest BCUT2D eigenvalue weighted by Crippen LogP contribution is -2.07. The van der Waals surface area contributed by atoms with Crippen molar-refractivity contribution in [1.29, 1.82) is 0 Å². The van der Waals surface area contributed by atoms with Crippen molar-refractivity contribution in [3.05, 3.63) is 39.9 Å². The van der Waals surface area contributed by atoms with Gasteiger partial charge in [0, 0.05) is 22.0 Å². The van der Waals surface area contributed by atoms with E-state index in [2.05, 4.69) is 0 Å². The molecule has 1 aromatic rings. The molecule has 0 bridgehead atoms. The van der Waals surface area contributed by atoms with E-state index in [1.807, 2.05) is 0 Å². The zero-order valence-corrected chi connectivity index (χ0v) is 8.85. The van der Waals surface area contributed by atoms with Crippen LogP contribution in [0.2, 0.25) is 10.0 Å². The number of hydrogen-bond acceptors (Lipinski definition) is 1. The summed E-state index contributed by atoms with van der Waals surface area (Å²) in [7, 11) is 0. The molecule has 0 saturated heterocycles. The Morgan fingerprint density at radius 3 is 2.43 bits per heavy atom. The second-order valence-corrected chi connectivity index (χ2v) is 3.52. The first-order valence-corrected chi connectivity index (χ1v) is 4.75. The zero-order valence-electron chi connectivity index (χ0n) is 7.34. The largest absolute Gasteiger partial charge is 0.369 e. The fraction of sp³-hybridized carbons (Fsp3) is 0.100. The highest BCUT2D eigenvalue weighted by molar-refractivity contribution is 6.37. The summed E-state index contributed by atoms with van der Waals surface area (Å²) in [5, 5.41) is 1.11. The summed E-state index contributed by atoms with van der Waals surface area (Å²) < 4.78 is 0. The lowest BCUT2D eigenvalue weighted by molar-refractivity contribution is -0.117. The summed E-state index contributed by atoms with van der Waals surface area (Å²) in [6.07, 6.45) is 3.51. The van der Waals surface area contributed by atoms with Crippen molar-refractivity contribution in [1.82, 2.24) is 0 Å². The Labute approximate surface area is 92.3 Å². The predicted molar refractivity (Wildman–Crippen MR) is 59.3 cm³/mol. The van der Waals surface area contributed by atoms with E-state index in [-0.39, 0.29) is 12.3 Å². The van der Waals surface area contributed by atoms with E-state index in [1.54, 1.807) is 30.4 Å². The third kappa shape index (κ3) is 3.05. The van der Waals surface area contributed by atoms with Gasteiger partial charge in [0.1, 0.15) is 0 Å². The summed E-state index contributed by atoms with van der Waals surface area (Å²) in [5.41, 5.74) is 5.68. The second-order valence-electron chi connectivity index (χ2n) is 2.71. The molecule has 0 fully saturated rings. The number of amides is 1.